The fraction of sp³-hybridized carbons (Fsp3) is 0.0714. The van der Waals surface area contributed by atoms with Gasteiger partial charge in [-0.05, 0) is 23.8 Å². The molecule has 0 spiro atoms. The minimum absolute atomic E-state index is 0.0879. The number of benzene rings is 1. The van der Waals surface area contributed by atoms with E-state index in [1.807, 2.05) is 48.6 Å². The van der Waals surface area contributed by atoms with E-state index in [4.69, 9.17) is 11.6 Å². The van der Waals surface area contributed by atoms with Gasteiger partial charge in [-0.3, -0.25) is 4.79 Å². The van der Waals surface area contributed by atoms with Crippen LogP contribution < -0.4 is 0 Å². The van der Waals surface area contributed by atoms with E-state index in [2.05, 4.69) is 0 Å². The minimum Gasteiger partial charge on any atom is -0.294 e. The number of carbonyl (C=O) groups is 1. The number of ketones is 1. The number of hydrogen-bond acceptors (Lipinski definition) is 1. The summed E-state index contributed by atoms with van der Waals surface area (Å²) >= 11 is 5.85. The quantitative estimate of drug-likeness (QED) is 0.725. The summed E-state index contributed by atoms with van der Waals surface area (Å²) in [5.74, 6) is -0.0135. The first-order valence-corrected chi connectivity index (χ1v) is 5.46. The van der Waals surface area contributed by atoms with Crippen molar-refractivity contribution in [3.8, 4) is 0 Å². The number of rotatable bonds is 3. The van der Waals surface area contributed by atoms with Crippen molar-refractivity contribution in [2.24, 2.45) is 5.92 Å². The Morgan fingerprint density at radius 3 is 2.69 bits per heavy atom. The third-order valence-corrected chi connectivity index (χ3v) is 2.60. The fourth-order valence-corrected chi connectivity index (χ4v) is 1.72. The lowest BCUT2D eigenvalue weighted by molar-refractivity contribution is -0.115. The Labute approximate surface area is 99.7 Å². The van der Waals surface area contributed by atoms with Crippen LogP contribution in [0.15, 0.2) is 54.6 Å². The lowest BCUT2D eigenvalue weighted by atomic mass is 10.1. The van der Waals surface area contributed by atoms with E-state index in [9.17, 15) is 4.79 Å². The average Bonchev–Trinajstić information content (AvgIpc) is 2.79. The fourth-order valence-electron chi connectivity index (χ4n) is 1.52. The van der Waals surface area contributed by atoms with Crippen LogP contribution in [-0.4, -0.2) is 5.78 Å². The molecule has 0 aliphatic heterocycles. The minimum atomic E-state index is -0.101. The van der Waals surface area contributed by atoms with Crippen LogP contribution in [0.25, 0.3) is 6.08 Å². The SMILES string of the molecule is O=C(/C=C/c1cccc(Cl)c1)C1C=CC=C1. The third kappa shape index (κ3) is 2.71. The zero-order chi connectivity index (χ0) is 11.4. The van der Waals surface area contributed by atoms with Crippen molar-refractivity contribution in [2.75, 3.05) is 0 Å². The van der Waals surface area contributed by atoms with Gasteiger partial charge in [0, 0.05) is 5.02 Å². The highest BCUT2D eigenvalue weighted by molar-refractivity contribution is 6.30. The first-order valence-electron chi connectivity index (χ1n) is 5.08. The van der Waals surface area contributed by atoms with Crippen LogP contribution in [0, 0.1) is 5.92 Å². The van der Waals surface area contributed by atoms with Crippen molar-refractivity contribution in [3.63, 3.8) is 0 Å². The molecule has 0 N–H and O–H groups in total. The summed E-state index contributed by atoms with van der Waals surface area (Å²) in [5.41, 5.74) is 0.937. The maximum Gasteiger partial charge on any atom is 0.166 e. The molecule has 16 heavy (non-hydrogen) atoms. The van der Waals surface area contributed by atoms with Crippen molar-refractivity contribution >= 4 is 23.5 Å². The van der Waals surface area contributed by atoms with Crippen LogP contribution >= 0.6 is 11.6 Å². The first-order chi connectivity index (χ1) is 7.75. The zero-order valence-corrected chi connectivity index (χ0v) is 9.39. The average molecular weight is 231 g/mol. The molecule has 0 unspecified atom stereocenters. The van der Waals surface area contributed by atoms with Gasteiger partial charge in [-0.25, -0.2) is 0 Å². The van der Waals surface area contributed by atoms with Crippen LogP contribution in [0.4, 0.5) is 0 Å². The topological polar surface area (TPSA) is 17.1 Å². The Hall–Kier alpha value is -1.60. The Morgan fingerprint density at radius 1 is 1.25 bits per heavy atom. The molecule has 0 saturated carbocycles. The standard InChI is InChI=1S/C14H11ClO/c15-13-7-3-4-11(10-13)8-9-14(16)12-5-1-2-6-12/h1-10,12H/b9-8+. The second kappa shape index (κ2) is 4.95. The summed E-state index contributed by atoms with van der Waals surface area (Å²) in [6, 6.07) is 7.41. The summed E-state index contributed by atoms with van der Waals surface area (Å²) in [6.45, 7) is 0. The lowest BCUT2D eigenvalue weighted by Crippen LogP contribution is -2.03. The summed E-state index contributed by atoms with van der Waals surface area (Å²) < 4.78 is 0. The zero-order valence-electron chi connectivity index (χ0n) is 8.64. The van der Waals surface area contributed by atoms with Gasteiger partial charge in [0.25, 0.3) is 0 Å². The van der Waals surface area contributed by atoms with Crippen LogP contribution in [0.1, 0.15) is 5.56 Å². The molecule has 1 aliphatic carbocycles. The highest BCUT2D eigenvalue weighted by Gasteiger charge is 2.10. The van der Waals surface area contributed by atoms with E-state index in [0.29, 0.717) is 5.02 Å². The summed E-state index contributed by atoms with van der Waals surface area (Å²) in [7, 11) is 0. The van der Waals surface area contributed by atoms with Gasteiger partial charge < -0.3 is 0 Å². The second-order valence-corrected chi connectivity index (χ2v) is 4.02. The molecule has 80 valence electrons. The summed E-state index contributed by atoms with van der Waals surface area (Å²) in [4.78, 5) is 11.7. The summed E-state index contributed by atoms with van der Waals surface area (Å²) in [5, 5.41) is 0.676. The Morgan fingerprint density at radius 2 is 2.00 bits per heavy atom. The highest BCUT2D eigenvalue weighted by atomic mass is 35.5. The van der Waals surface area contributed by atoms with Crippen molar-refractivity contribution in [3.05, 3.63) is 65.2 Å². The molecular formula is C14H11ClO. The van der Waals surface area contributed by atoms with Gasteiger partial charge in [0.1, 0.15) is 0 Å². The van der Waals surface area contributed by atoms with Crippen LogP contribution in [-0.2, 0) is 4.79 Å². The van der Waals surface area contributed by atoms with E-state index in [1.54, 1.807) is 12.2 Å². The molecule has 1 aromatic rings. The van der Waals surface area contributed by atoms with Crippen LogP contribution in [0.3, 0.4) is 0 Å². The number of halogens is 1. The number of hydrogen-bond donors (Lipinski definition) is 0. The molecule has 1 nitrogen and oxygen atoms in total. The lowest BCUT2D eigenvalue weighted by Gasteiger charge is -1.98. The van der Waals surface area contributed by atoms with Crippen molar-refractivity contribution in [1.82, 2.24) is 0 Å². The normalized spacial score (nSPS) is 15.1. The summed E-state index contributed by atoms with van der Waals surface area (Å²) in [6.07, 6.45) is 10.9. The number of carbonyl (C=O) groups excluding carboxylic acids is 1. The molecule has 0 aromatic heterocycles. The maximum atomic E-state index is 11.7. The van der Waals surface area contributed by atoms with E-state index in [0.717, 1.165) is 5.56 Å². The second-order valence-electron chi connectivity index (χ2n) is 3.59. The van der Waals surface area contributed by atoms with Gasteiger partial charge in [0.15, 0.2) is 5.78 Å². The predicted molar refractivity (Wildman–Crippen MR) is 67.3 cm³/mol. The molecule has 0 saturated heterocycles. The molecule has 1 aromatic carbocycles. The molecule has 2 heteroatoms. The number of allylic oxidation sites excluding steroid dienone is 5. The molecule has 0 bridgehead atoms. The van der Waals surface area contributed by atoms with Gasteiger partial charge in [-0.15, -0.1) is 0 Å². The molecule has 1 aliphatic rings. The van der Waals surface area contributed by atoms with Gasteiger partial charge in [-0.2, -0.15) is 0 Å². The van der Waals surface area contributed by atoms with Crippen LogP contribution in [0.5, 0.6) is 0 Å². The maximum absolute atomic E-state index is 11.7. The molecule has 0 radical (unpaired) electrons. The van der Waals surface area contributed by atoms with E-state index >= 15 is 0 Å². The molecule has 0 fully saturated rings. The molecule has 2 rings (SSSR count). The van der Waals surface area contributed by atoms with Gasteiger partial charge in [0.2, 0.25) is 0 Å². The first kappa shape index (κ1) is 10.9. The Kier molecular flexibility index (Phi) is 3.37. The third-order valence-electron chi connectivity index (χ3n) is 2.37. The van der Waals surface area contributed by atoms with E-state index in [-0.39, 0.29) is 11.7 Å². The molecule has 0 amide bonds. The predicted octanol–water partition coefficient (Wildman–Crippen LogP) is 3.66. The highest BCUT2D eigenvalue weighted by Crippen LogP contribution is 2.14. The Bertz CT molecular complexity index is 471. The van der Waals surface area contributed by atoms with Gasteiger partial charge in [-0.1, -0.05) is 54.1 Å². The van der Waals surface area contributed by atoms with E-state index in [1.165, 1.54) is 0 Å². The van der Waals surface area contributed by atoms with Gasteiger partial charge in [0.05, 0.1) is 5.92 Å². The molecule has 0 heterocycles. The smallest absolute Gasteiger partial charge is 0.166 e. The van der Waals surface area contributed by atoms with Crippen molar-refractivity contribution in [1.29, 1.82) is 0 Å². The van der Waals surface area contributed by atoms with Crippen LogP contribution in [0.2, 0.25) is 5.02 Å². The van der Waals surface area contributed by atoms with Crippen molar-refractivity contribution < 1.29 is 4.79 Å². The Balaban J connectivity index is 2.06. The monoisotopic (exact) mass is 230 g/mol. The molecular weight excluding hydrogens is 220 g/mol. The van der Waals surface area contributed by atoms with E-state index < -0.39 is 0 Å². The van der Waals surface area contributed by atoms with Crippen molar-refractivity contribution in [2.45, 2.75) is 0 Å². The largest absolute Gasteiger partial charge is 0.294 e. The molecule has 0 atom stereocenters. The van der Waals surface area contributed by atoms with Gasteiger partial charge >= 0.3 is 0 Å².